The Kier molecular flexibility index (Phi) is 4.66. The maximum atomic E-state index is 11.8. The van der Waals surface area contributed by atoms with Gasteiger partial charge < -0.3 is 15.1 Å². The SMILES string of the molecule is C[C@H](N[C@@H]1CCC(=O)N(C)C1)c1ccc(N2CCCC2=O)cc1. The summed E-state index contributed by atoms with van der Waals surface area (Å²) in [5, 5.41) is 3.61. The molecule has 0 radical (unpaired) electrons. The van der Waals surface area contributed by atoms with E-state index in [9.17, 15) is 9.59 Å². The average Bonchev–Trinajstić information content (AvgIpc) is 2.97. The van der Waals surface area contributed by atoms with Crippen molar-refractivity contribution in [3.8, 4) is 0 Å². The lowest BCUT2D eigenvalue weighted by atomic mass is 10.0. The molecule has 1 aromatic rings. The number of nitrogens with one attached hydrogen (secondary N) is 1. The van der Waals surface area contributed by atoms with E-state index in [1.165, 1.54) is 5.56 Å². The molecule has 1 aromatic carbocycles. The van der Waals surface area contributed by atoms with E-state index in [1.807, 2.05) is 24.1 Å². The number of hydrogen-bond acceptors (Lipinski definition) is 3. The zero-order valence-corrected chi connectivity index (χ0v) is 13.9. The van der Waals surface area contributed by atoms with E-state index in [1.54, 1.807) is 4.90 Å². The van der Waals surface area contributed by atoms with Gasteiger partial charge in [-0.3, -0.25) is 9.59 Å². The standard InChI is InChI=1S/C18H25N3O2/c1-13(19-15-7-10-17(22)20(2)12-15)14-5-8-16(9-6-14)21-11-3-4-18(21)23/h5-6,8-9,13,15,19H,3-4,7,10-12H2,1-2H3/t13-,15+/m0/s1. The number of carbonyl (C=O) groups is 2. The monoisotopic (exact) mass is 315 g/mol. The molecule has 124 valence electrons. The lowest BCUT2D eigenvalue weighted by Crippen LogP contribution is -2.47. The highest BCUT2D eigenvalue weighted by Gasteiger charge is 2.24. The Morgan fingerprint density at radius 3 is 2.48 bits per heavy atom. The number of piperidine rings is 1. The quantitative estimate of drug-likeness (QED) is 0.925. The molecule has 0 unspecified atom stereocenters. The maximum Gasteiger partial charge on any atom is 0.227 e. The Labute approximate surface area is 137 Å². The van der Waals surface area contributed by atoms with E-state index in [0.717, 1.165) is 31.6 Å². The first-order valence-electron chi connectivity index (χ1n) is 8.45. The smallest absolute Gasteiger partial charge is 0.227 e. The topological polar surface area (TPSA) is 52.7 Å². The van der Waals surface area contributed by atoms with Gasteiger partial charge in [-0.15, -0.1) is 0 Å². The normalized spacial score (nSPS) is 23.5. The zero-order chi connectivity index (χ0) is 16.4. The number of likely N-dealkylation sites (N-methyl/N-ethyl adjacent to an activating group) is 1. The second-order valence-corrected chi connectivity index (χ2v) is 6.64. The van der Waals surface area contributed by atoms with Crippen molar-refractivity contribution in [2.24, 2.45) is 0 Å². The van der Waals surface area contributed by atoms with Gasteiger partial charge in [0.2, 0.25) is 11.8 Å². The lowest BCUT2D eigenvalue weighted by molar-refractivity contribution is -0.132. The van der Waals surface area contributed by atoms with Crippen LogP contribution in [-0.2, 0) is 9.59 Å². The second kappa shape index (κ2) is 6.71. The number of hydrogen-bond donors (Lipinski definition) is 1. The third-order valence-electron chi connectivity index (χ3n) is 4.89. The van der Waals surface area contributed by atoms with E-state index in [2.05, 4.69) is 24.4 Å². The highest BCUT2D eigenvalue weighted by atomic mass is 16.2. The average molecular weight is 315 g/mol. The van der Waals surface area contributed by atoms with E-state index in [4.69, 9.17) is 0 Å². The Hall–Kier alpha value is -1.88. The van der Waals surface area contributed by atoms with E-state index >= 15 is 0 Å². The highest BCUT2D eigenvalue weighted by Crippen LogP contribution is 2.24. The molecular weight excluding hydrogens is 290 g/mol. The predicted octanol–water partition coefficient (Wildman–Crippen LogP) is 2.08. The summed E-state index contributed by atoms with van der Waals surface area (Å²) in [5.41, 5.74) is 2.20. The molecule has 23 heavy (non-hydrogen) atoms. The summed E-state index contributed by atoms with van der Waals surface area (Å²) in [6.07, 6.45) is 3.13. The number of anilines is 1. The molecule has 5 nitrogen and oxygen atoms in total. The van der Waals surface area contributed by atoms with Crippen LogP contribution in [0, 0.1) is 0 Å². The van der Waals surface area contributed by atoms with Crippen molar-refractivity contribution in [3.63, 3.8) is 0 Å². The van der Waals surface area contributed by atoms with Crippen molar-refractivity contribution >= 4 is 17.5 Å². The molecule has 2 fully saturated rings. The third-order valence-corrected chi connectivity index (χ3v) is 4.89. The van der Waals surface area contributed by atoms with Crippen LogP contribution in [0.5, 0.6) is 0 Å². The van der Waals surface area contributed by atoms with Crippen LogP contribution in [0.4, 0.5) is 5.69 Å². The van der Waals surface area contributed by atoms with Crippen molar-refractivity contribution in [3.05, 3.63) is 29.8 Å². The molecule has 0 aromatic heterocycles. The first-order chi connectivity index (χ1) is 11.0. The van der Waals surface area contributed by atoms with E-state index in [0.29, 0.717) is 18.9 Å². The molecule has 2 heterocycles. The van der Waals surface area contributed by atoms with Crippen molar-refractivity contribution in [1.29, 1.82) is 0 Å². The summed E-state index contributed by atoms with van der Waals surface area (Å²) in [7, 11) is 1.86. The van der Waals surface area contributed by atoms with Gasteiger partial charge in [-0.1, -0.05) is 12.1 Å². The van der Waals surface area contributed by atoms with Crippen LogP contribution in [0.25, 0.3) is 0 Å². The molecule has 2 amide bonds. The maximum absolute atomic E-state index is 11.8. The largest absolute Gasteiger partial charge is 0.344 e. The molecule has 2 saturated heterocycles. The molecule has 2 aliphatic rings. The number of rotatable bonds is 4. The summed E-state index contributed by atoms with van der Waals surface area (Å²) in [6.45, 7) is 3.74. The Morgan fingerprint density at radius 2 is 1.87 bits per heavy atom. The molecular formula is C18H25N3O2. The first-order valence-corrected chi connectivity index (χ1v) is 8.45. The minimum absolute atomic E-state index is 0.221. The van der Waals surface area contributed by atoms with Crippen molar-refractivity contribution < 1.29 is 9.59 Å². The summed E-state index contributed by atoms with van der Waals surface area (Å²) < 4.78 is 0. The molecule has 0 saturated carbocycles. The van der Waals surface area contributed by atoms with E-state index in [-0.39, 0.29) is 17.9 Å². The summed E-state index contributed by atoms with van der Waals surface area (Å²) in [5.74, 6) is 0.453. The van der Waals surface area contributed by atoms with Gasteiger partial charge in [0.1, 0.15) is 0 Å². The van der Waals surface area contributed by atoms with Gasteiger partial charge >= 0.3 is 0 Å². The van der Waals surface area contributed by atoms with Crippen molar-refractivity contribution in [1.82, 2.24) is 10.2 Å². The summed E-state index contributed by atoms with van der Waals surface area (Å²) in [6, 6.07) is 8.82. The number of amides is 2. The fraction of sp³-hybridized carbons (Fsp3) is 0.556. The molecule has 0 spiro atoms. The summed E-state index contributed by atoms with van der Waals surface area (Å²) >= 11 is 0. The van der Waals surface area contributed by atoms with Gasteiger partial charge in [-0.25, -0.2) is 0 Å². The molecule has 2 atom stereocenters. The highest BCUT2D eigenvalue weighted by molar-refractivity contribution is 5.95. The number of carbonyl (C=O) groups excluding carboxylic acids is 2. The van der Waals surface area contributed by atoms with Crippen LogP contribution in [0.1, 0.15) is 44.2 Å². The third kappa shape index (κ3) is 3.55. The molecule has 3 rings (SSSR count). The van der Waals surface area contributed by atoms with Crippen LogP contribution < -0.4 is 10.2 Å². The van der Waals surface area contributed by atoms with E-state index < -0.39 is 0 Å². The Balaban J connectivity index is 1.60. The van der Waals surface area contributed by atoms with Crippen LogP contribution in [0.3, 0.4) is 0 Å². The Bertz CT molecular complexity index is 584. The number of nitrogens with zero attached hydrogens (tertiary/aromatic N) is 2. The van der Waals surface area contributed by atoms with Crippen LogP contribution >= 0.6 is 0 Å². The van der Waals surface area contributed by atoms with Crippen molar-refractivity contribution in [2.45, 2.75) is 44.7 Å². The predicted molar refractivity (Wildman–Crippen MR) is 90.2 cm³/mol. The van der Waals surface area contributed by atoms with Gasteiger partial charge in [0, 0.05) is 50.7 Å². The van der Waals surface area contributed by atoms with Gasteiger partial charge in [-0.2, -0.15) is 0 Å². The zero-order valence-electron chi connectivity index (χ0n) is 13.9. The minimum Gasteiger partial charge on any atom is -0.344 e. The number of benzene rings is 1. The lowest BCUT2D eigenvalue weighted by Gasteiger charge is -2.32. The molecule has 0 bridgehead atoms. The van der Waals surface area contributed by atoms with Gasteiger partial charge in [0.15, 0.2) is 0 Å². The molecule has 5 heteroatoms. The molecule has 1 N–H and O–H groups in total. The van der Waals surface area contributed by atoms with Crippen molar-refractivity contribution in [2.75, 3.05) is 25.0 Å². The van der Waals surface area contributed by atoms with Crippen LogP contribution in [0.2, 0.25) is 0 Å². The van der Waals surface area contributed by atoms with Gasteiger partial charge in [0.05, 0.1) is 0 Å². The summed E-state index contributed by atoms with van der Waals surface area (Å²) in [4.78, 5) is 27.0. The van der Waals surface area contributed by atoms with Gasteiger partial charge in [-0.05, 0) is 37.5 Å². The Morgan fingerprint density at radius 1 is 1.13 bits per heavy atom. The van der Waals surface area contributed by atoms with Crippen LogP contribution in [-0.4, -0.2) is 42.9 Å². The molecule has 2 aliphatic heterocycles. The first kappa shape index (κ1) is 16.0. The number of likely N-dealkylation sites (tertiary alicyclic amines) is 1. The minimum atomic E-state index is 0.221. The fourth-order valence-electron chi connectivity index (χ4n) is 3.46. The fourth-order valence-corrected chi connectivity index (χ4v) is 3.46. The second-order valence-electron chi connectivity index (χ2n) is 6.64. The van der Waals surface area contributed by atoms with Gasteiger partial charge in [0.25, 0.3) is 0 Å². The molecule has 0 aliphatic carbocycles. The van der Waals surface area contributed by atoms with Crippen LogP contribution in [0.15, 0.2) is 24.3 Å².